The predicted octanol–water partition coefficient (Wildman–Crippen LogP) is -2.33. The van der Waals surface area contributed by atoms with Crippen LogP contribution in [-0.4, -0.2) is 193 Å². The van der Waals surface area contributed by atoms with Crippen molar-refractivity contribution in [3.63, 3.8) is 0 Å². The topological polar surface area (TPSA) is 342 Å². The van der Waals surface area contributed by atoms with E-state index in [-0.39, 0.29) is 31.2 Å². The quantitative estimate of drug-likeness (QED) is 0.105. The Morgan fingerprint density at radius 1 is 0.591 bits per heavy atom. The highest BCUT2D eigenvalue weighted by Gasteiger charge is 2.86. The van der Waals surface area contributed by atoms with Crippen LogP contribution < -0.4 is 5.90 Å². The normalized spacial score (nSPS) is 54.7. The molecule has 12 rings (SSSR count). The van der Waals surface area contributed by atoms with Gasteiger partial charge in [-0.15, -0.1) is 0 Å². The van der Waals surface area contributed by atoms with E-state index in [2.05, 4.69) is 11.1 Å². The molecule has 66 heavy (non-hydrogen) atoms. The number of epoxide rings is 3. The van der Waals surface area contributed by atoms with Gasteiger partial charge >= 0.3 is 0 Å². The third-order valence-corrected chi connectivity index (χ3v) is 19.1. The number of Topliss-reactive ketones (excluding diaryl/α,β-unsaturated/α-hetero) is 4. The number of hydrogen-bond acceptors (Lipinski definition) is 20. The molecule has 11 N–H and O–H groups in total. The van der Waals surface area contributed by atoms with Gasteiger partial charge in [0.2, 0.25) is 1.43 Å². The zero-order chi connectivity index (χ0) is 48.3. The van der Waals surface area contributed by atoms with Crippen molar-refractivity contribution >= 4 is 23.1 Å². The van der Waals surface area contributed by atoms with Gasteiger partial charge in [-0.1, -0.05) is 28.2 Å². The first-order valence-electron chi connectivity index (χ1n) is 22.5. The van der Waals surface area contributed by atoms with Crippen LogP contribution in [0.1, 0.15) is 68.2 Å². The highest BCUT2D eigenvalue weighted by molar-refractivity contribution is 6.02. The minimum absolute atomic E-state index is 0. The first kappa shape index (κ1) is 48.3. The van der Waals surface area contributed by atoms with Gasteiger partial charge in [0, 0.05) is 22.7 Å². The van der Waals surface area contributed by atoms with Gasteiger partial charge in [-0.2, -0.15) is 0 Å². The van der Waals surface area contributed by atoms with Crippen molar-refractivity contribution in [1.82, 2.24) is 0 Å². The van der Waals surface area contributed by atoms with Crippen LogP contribution in [0.3, 0.4) is 0 Å². The molecule has 0 amide bonds. The number of aliphatic hydroxyl groups excluding tert-OH is 8. The van der Waals surface area contributed by atoms with E-state index in [4.69, 9.17) is 29.9 Å². The molecule has 3 saturated carbocycles. The van der Waals surface area contributed by atoms with Gasteiger partial charge in [0.15, 0.2) is 23.1 Å². The summed E-state index contributed by atoms with van der Waals surface area (Å²) >= 11 is 0. The second-order valence-electron chi connectivity index (χ2n) is 21.1. The van der Waals surface area contributed by atoms with Crippen molar-refractivity contribution in [2.75, 3.05) is 39.6 Å². The summed E-state index contributed by atoms with van der Waals surface area (Å²) in [7, 11) is 0. The SMILES string of the molecule is C.CC1=C[C@H]2O[C@@H]3C(=O)C[C@](C)([C@@]2(CO)[C@H](O)C1=O)[C@]31CO1.CC1=C[C@H]2O[C@@H]3[C@@H](O)C[C@](C)([C@@]2(CO)[C@H](O)C1=O)[C@]31CO1.CC1=C[C@H]2O[C@@H]3[C@H](O)C[C@](C)([C@@]2(CO)[C@H](O)C1=O)[C@]31CO1.[2H]ON. The summed E-state index contributed by atoms with van der Waals surface area (Å²) in [5.74, 6) is 2.74. The van der Waals surface area contributed by atoms with Crippen LogP contribution in [0, 0.1) is 32.5 Å². The third kappa shape index (κ3) is 5.33. The van der Waals surface area contributed by atoms with E-state index >= 15 is 0 Å². The highest BCUT2D eigenvalue weighted by atomic mass is 16.7. The molecule has 6 aliphatic heterocycles. The summed E-state index contributed by atoms with van der Waals surface area (Å²) < 4.78 is 40.2. The summed E-state index contributed by atoms with van der Waals surface area (Å²) in [5, 5.41) is 86.0. The standard InChI is InChI=1S/2C15H20O6.C15H18O6.CH4.H3NO/c3*1-7-3-9-14(5-16,11(19)10(7)18)13(2)4-8(17)12(21-9)15(13)6-20-15;;1-2/h2*3,8-9,11-12,16-17,19H,4-6H2,1-2H3;3,9,11-12,16,19H,4-6H2,1-2H3;1H4;2H,1H2/t8-,9+,11+,12+,13+,14+,15-;8-,9-,11-,12-,13-,14-,15+;9-,11-,12-,13-,14-,15+;;/m011../s1/i;;;;2D. The molecule has 0 aromatic heterocycles. The Morgan fingerprint density at radius 2 is 0.894 bits per heavy atom. The van der Waals surface area contributed by atoms with Gasteiger partial charge < -0.3 is 74.5 Å². The van der Waals surface area contributed by atoms with E-state index < -0.39 is 142 Å². The van der Waals surface area contributed by atoms with Crippen molar-refractivity contribution < 1.29 is 95.1 Å². The lowest BCUT2D eigenvalue weighted by Gasteiger charge is -2.58. The van der Waals surface area contributed by atoms with Crippen molar-refractivity contribution in [3.8, 4) is 0 Å². The number of fused-ring (bicyclic) bond motifs is 6. The molecule has 20 atom stereocenters. The van der Waals surface area contributed by atoms with E-state index in [1.165, 1.54) is 0 Å². The van der Waals surface area contributed by atoms with Gasteiger partial charge in [-0.25, -0.2) is 5.90 Å². The number of hydrogen-bond donors (Lipinski definition) is 10. The zero-order valence-electron chi connectivity index (χ0n) is 38.1. The fourth-order valence-electron chi connectivity index (χ4n) is 14.8. The first-order valence-corrected chi connectivity index (χ1v) is 22.1. The van der Waals surface area contributed by atoms with E-state index in [1.807, 2.05) is 20.8 Å². The smallest absolute Gasteiger partial charge is 0.237 e. The molecule has 6 heterocycles. The van der Waals surface area contributed by atoms with E-state index in [9.17, 15) is 60.0 Å². The van der Waals surface area contributed by atoms with Crippen molar-refractivity contribution in [2.45, 2.75) is 152 Å². The molecule has 9 fully saturated rings. The van der Waals surface area contributed by atoms with Crippen molar-refractivity contribution in [2.24, 2.45) is 38.4 Å². The fourth-order valence-corrected chi connectivity index (χ4v) is 14.8. The maximum absolute atomic E-state index is 12.3. The zero-order valence-corrected chi connectivity index (χ0v) is 37.1. The monoisotopic (exact) mass is 936 g/mol. The molecule has 0 unspecified atom stereocenters. The maximum atomic E-state index is 12.3. The summed E-state index contributed by atoms with van der Waals surface area (Å²) in [6.07, 6.45) is -3.22. The molecule has 20 nitrogen and oxygen atoms in total. The van der Waals surface area contributed by atoms with E-state index in [0.717, 1.165) is 0 Å². The van der Waals surface area contributed by atoms with Crippen LogP contribution in [0.4, 0.5) is 0 Å². The van der Waals surface area contributed by atoms with Crippen molar-refractivity contribution in [1.29, 1.82) is 0 Å². The third-order valence-electron chi connectivity index (χ3n) is 19.1. The summed E-state index contributed by atoms with van der Waals surface area (Å²) in [6, 6.07) is 0. The van der Waals surface area contributed by atoms with E-state index in [0.29, 0.717) is 49.4 Å². The van der Waals surface area contributed by atoms with Gasteiger partial charge in [-0.05, 0) is 68.6 Å². The molecular weight excluding hydrogens is 870 g/mol. The molecule has 6 aliphatic carbocycles. The Morgan fingerprint density at radius 3 is 1.20 bits per heavy atom. The number of carbonyl (C=O) groups is 4. The van der Waals surface area contributed by atoms with Gasteiger partial charge in [0.25, 0.3) is 0 Å². The minimum atomic E-state index is -1.39. The van der Waals surface area contributed by atoms with Crippen LogP contribution in [-0.2, 0) is 47.6 Å². The van der Waals surface area contributed by atoms with Gasteiger partial charge in [-0.3, -0.25) is 19.2 Å². The Bertz CT molecular complexity index is 2110. The largest absolute Gasteiger partial charge is 0.396 e. The molecule has 0 radical (unpaired) electrons. The highest BCUT2D eigenvalue weighted by Crippen LogP contribution is 2.73. The van der Waals surface area contributed by atoms with Gasteiger partial charge in [0.1, 0.15) is 53.4 Å². The van der Waals surface area contributed by atoms with Crippen LogP contribution in [0.5, 0.6) is 0 Å². The lowest BCUT2D eigenvalue weighted by Crippen LogP contribution is -2.70. The molecule has 6 saturated heterocycles. The summed E-state index contributed by atoms with van der Waals surface area (Å²) in [5.41, 5.74) is -6.76. The molecule has 20 heteroatoms. The maximum Gasteiger partial charge on any atom is 0.237 e. The Hall–Kier alpha value is -2.74. The number of ketones is 4. The molecule has 368 valence electrons. The second kappa shape index (κ2) is 15.4. The number of rotatable bonds is 3. The second-order valence-corrected chi connectivity index (χ2v) is 21.1. The molecule has 0 aromatic rings. The predicted molar refractivity (Wildman–Crippen MR) is 223 cm³/mol. The number of aliphatic hydroxyl groups is 8. The Kier molecular flexibility index (Phi) is 11.3. The Balaban J connectivity index is 0.000000131. The van der Waals surface area contributed by atoms with E-state index in [1.54, 1.807) is 39.0 Å². The molecular formula is C46H65NO19. The summed E-state index contributed by atoms with van der Waals surface area (Å²) in [6.45, 7) is 10.5. The molecule has 3 spiro atoms. The lowest BCUT2D eigenvalue weighted by molar-refractivity contribution is -0.244. The number of ether oxygens (including phenoxy) is 6. The van der Waals surface area contributed by atoms with Crippen molar-refractivity contribution in [3.05, 3.63) is 34.9 Å². The minimum Gasteiger partial charge on any atom is -0.396 e. The number of carbonyl (C=O) groups excluding carboxylic acids is 4. The fraction of sp³-hybridized carbons (Fsp3) is 0.783. The van der Waals surface area contributed by atoms with Gasteiger partial charge in [0.05, 0.1) is 86.4 Å². The molecule has 12 aliphatic rings. The van der Waals surface area contributed by atoms with Crippen LogP contribution in [0.2, 0.25) is 1.43 Å². The average molecular weight is 937 g/mol. The van der Waals surface area contributed by atoms with Crippen LogP contribution in [0.25, 0.3) is 0 Å². The first-order chi connectivity index (χ1) is 30.9. The van der Waals surface area contributed by atoms with Crippen LogP contribution in [0.15, 0.2) is 34.9 Å². The van der Waals surface area contributed by atoms with Crippen LogP contribution >= 0.6 is 0 Å². The molecule has 0 aromatic carbocycles. The summed E-state index contributed by atoms with van der Waals surface area (Å²) in [4.78, 5) is 49.1. The number of nitrogens with two attached hydrogens (primary N) is 1. The average Bonchev–Trinajstić information content (AvgIpc) is 4.15. The lowest BCUT2D eigenvalue weighted by atomic mass is 9.50. The molecule has 6 bridgehead atoms. The Labute approximate surface area is 382 Å².